The minimum atomic E-state index is -0.912. The van der Waals surface area contributed by atoms with Gasteiger partial charge in [0.2, 0.25) is 0 Å². The van der Waals surface area contributed by atoms with Gasteiger partial charge >= 0.3 is 18.0 Å². The average Bonchev–Trinajstić information content (AvgIpc) is 2.70. The van der Waals surface area contributed by atoms with Crippen molar-refractivity contribution in [3.8, 4) is 0 Å². The fraction of sp³-hybridized carbons (Fsp3) is 0.500. The smallest absolute Gasteiger partial charge is 0.328 e. The van der Waals surface area contributed by atoms with Crippen LogP contribution in [0.4, 0.5) is 4.79 Å². The van der Waals surface area contributed by atoms with Gasteiger partial charge in [0.15, 0.2) is 0 Å². The lowest BCUT2D eigenvalue weighted by molar-refractivity contribution is -0.144. The van der Waals surface area contributed by atoms with Crippen LogP contribution >= 0.6 is 0 Å². The highest BCUT2D eigenvalue weighted by Crippen LogP contribution is 2.22. The van der Waals surface area contributed by atoms with Gasteiger partial charge in [-0.25, -0.2) is 9.59 Å². The average molecular weight is 364 g/mol. The third-order valence-corrected chi connectivity index (χ3v) is 4.17. The highest BCUT2D eigenvalue weighted by molar-refractivity contribution is 5.84. The third kappa shape index (κ3) is 5.45. The summed E-state index contributed by atoms with van der Waals surface area (Å²) in [6.07, 6.45) is -0.105. The number of hydrogen-bond acceptors (Lipinski definition) is 6. The molecule has 1 fully saturated rings. The Kier molecular flexibility index (Phi) is 7.40. The molecule has 1 aromatic carbocycles. The summed E-state index contributed by atoms with van der Waals surface area (Å²) < 4.78 is 15.0. The van der Waals surface area contributed by atoms with E-state index in [0.29, 0.717) is 19.7 Å². The number of benzene rings is 1. The van der Waals surface area contributed by atoms with Gasteiger partial charge in [-0.3, -0.25) is 4.79 Å². The number of amides is 2. The molecular formula is C18H24N2O6. The minimum absolute atomic E-state index is 0.00625. The summed E-state index contributed by atoms with van der Waals surface area (Å²) in [7, 11) is 2.51. The van der Waals surface area contributed by atoms with Crippen molar-refractivity contribution in [3.63, 3.8) is 0 Å². The zero-order valence-electron chi connectivity index (χ0n) is 15.0. The first-order valence-electron chi connectivity index (χ1n) is 8.41. The monoisotopic (exact) mass is 364 g/mol. The minimum Gasteiger partial charge on any atom is -0.469 e. The second kappa shape index (κ2) is 9.76. The van der Waals surface area contributed by atoms with Gasteiger partial charge < -0.3 is 24.4 Å². The van der Waals surface area contributed by atoms with Crippen molar-refractivity contribution >= 4 is 18.0 Å². The van der Waals surface area contributed by atoms with E-state index in [2.05, 4.69) is 10.1 Å². The summed E-state index contributed by atoms with van der Waals surface area (Å²) >= 11 is 0. The summed E-state index contributed by atoms with van der Waals surface area (Å²) in [5.41, 5.74) is 0.986. The maximum atomic E-state index is 12.6. The molecule has 0 aromatic heterocycles. The molecule has 1 saturated heterocycles. The van der Waals surface area contributed by atoms with E-state index in [1.165, 1.54) is 14.2 Å². The molecule has 8 heteroatoms. The Hall–Kier alpha value is -2.61. The molecule has 0 saturated carbocycles. The molecule has 0 radical (unpaired) electrons. The number of carbonyl (C=O) groups excluding carboxylic acids is 3. The number of methoxy groups -OCH3 is 2. The first-order chi connectivity index (χ1) is 12.5. The van der Waals surface area contributed by atoms with Crippen molar-refractivity contribution in [1.29, 1.82) is 0 Å². The van der Waals surface area contributed by atoms with Gasteiger partial charge in [-0.2, -0.15) is 0 Å². The number of urea groups is 1. The van der Waals surface area contributed by atoms with Crippen LogP contribution in [0.3, 0.4) is 0 Å². The van der Waals surface area contributed by atoms with Crippen LogP contribution in [-0.2, 0) is 23.8 Å². The Morgan fingerprint density at radius 2 is 1.96 bits per heavy atom. The Morgan fingerprint density at radius 1 is 1.23 bits per heavy atom. The highest BCUT2D eigenvalue weighted by atomic mass is 16.5. The van der Waals surface area contributed by atoms with Crippen LogP contribution in [0.2, 0.25) is 0 Å². The Bertz CT molecular complexity index is 621. The Labute approximate surface area is 152 Å². The van der Waals surface area contributed by atoms with Crippen LogP contribution in [0.5, 0.6) is 0 Å². The fourth-order valence-electron chi connectivity index (χ4n) is 2.70. The molecule has 8 nitrogen and oxygen atoms in total. The summed E-state index contributed by atoms with van der Waals surface area (Å²) in [5.74, 6) is -1.06. The SMILES string of the molecule is COC(=O)CC[C@H](NC(=O)N1CCO[C@H](c2ccccc2)C1)C(=O)OC. The van der Waals surface area contributed by atoms with Crippen LogP contribution < -0.4 is 5.32 Å². The lowest BCUT2D eigenvalue weighted by Crippen LogP contribution is -2.52. The molecule has 0 unspecified atom stereocenters. The quantitative estimate of drug-likeness (QED) is 0.764. The molecule has 1 aliphatic rings. The number of morpholine rings is 1. The molecule has 0 aliphatic carbocycles. The molecule has 1 N–H and O–H groups in total. The third-order valence-electron chi connectivity index (χ3n) is 4.17. The van der Waals surface area contributed by atoms with E-state index in [9.17, 15) is 14.4 Å². The molecule has 2 atom stereocenters. The van der Waals surface area contributed by atoms with E-state index in [1.807, 2.05) is 30.3 Å². The molecule has 1 heterocycles. The largest absolute Gasteiger partial charge is 0.469 e. The van der Waals surface area contributed by atoms with Crippen LogP contribution in [0, 0.1) is 0 Å². The highest BCUT2D eigenvalue weighted by Gasteiger charge is 2.29. The standard InChI is InChI=1S/C18H24N2O6/c1-24-16(21)9-8-14(17(22)25-2)19-18(23)20-10-11-26-15(12-20)13-6-4-3-5-7-13/h3-7,14-15H,8-12H2,1-2H3,(H,19,23)/t14-,15-/m0/s1. The van der Waals surface area contributed by atoms with Gasteiger partial charge in [0, 0.05) is 13.0 Å². The number of carbonyl (C=O) groups is 3. The van der Waals surface area contributed by atoms with Crippen LogP contribution in [0.1, 0.15) is 24.5 Å². The van der Waals surface area contributed by atoms with Gasteiger partial charge in [0.1, 0.15) is 12.1 Å². The molecule has 2 amide bonds. The number of nitrogens with zero attached hydrogens (tertiary/aromatic N) is 1. The number of ether oxygens (including phenoxy) is 3. The fourth-order valence-corrected chi connectivity index (χ4v) is 2.70. The van der Waals surface area contributed by atoms with E-state index >= 15 is 0 Å². The van der Waals surface area contributed by atoms with Gasteiger partial charge in [0.05, 0.1) is 27.4 Å². The van der Waals surface area contributed by atoms with Crippen molar-refractivity contribution in [3.05, 3.63) is 35.9 Å². The molecule has 1 aliphatic heterocycles. The molecule has 26 heavy (non-hydrogen) atoms. The molecule has 0 spiro atoms. The van der Waals surface area contributed by atoms with Crippen molar-refractivity contribution < 1.29 is 28.6 Å². The number of esters is 2. The van der Waals surface area contributed by atoms with Crippen molar-refractivity contribution in [2.75, 3.05) is 33.9 Å². The predicted molar refractivity (Wildman–Crippen MR) is 92.3 cm³/mol. The second-order valence-corrected chi connectivity index (χ2v) is 5.86. The number of hydrogen-bond donors (Lipinski definition) is 1. The zero-order valence-corrected chi connectivity index (χ0v) is 15.0. The van der Waals surface area contributed by atoms with E-state index in [4.69, 9.17) is 9.47 Å². The van der Waals surface area contributed by atoms with Crippen LogP contribution in [0.25, 0.3) is 0 Å². The first kappa shape index (κ1) is 19.7. The van der Waals surface area contributed by atoms with Gasteiger partial charge in [-0.15, -0.1) is 0 Å². The summed E-state index contributed by atoms with van der Waals surface area (Å²) in [5, 5.41) is 2.64. The maximum absolute atomic E-state index is 12.6. The van der Waals surface area contributed by atoms with Crippen molar-refractivity contribution in [1.82, 2.24) is 10.2 Å². The topological polar surface area (TPSA) is 94.2 Å². The molecular weight excluding hydrogens is 340 g/mol. The number of rotatable bonds is 6. The van der Waals surface area contributed by atoms with Crippen LogP contribution in [0.15, 0.2) is 30.3 Å². The van der Waals surface area contributed by atoms with E-state index in [-0.39, 0.29) is 18.9 Å². The molecule has 0 bridgehead atoms. The molecule has 142 valence electrons. The van der Waals surface area contributed by atoms with E-state index < -0.39 is 24.0 Å². The summed E-state index contributed by atoms with van der Waals surface area (Å²) in [6, 6.07) is 8.33. The molecule has 2 rings (SSSR count). The number of nitrogens with one attached hydrogen (secondary N) is 1. The second-order valence-electron chi connectivity index (χ2n) is 5.86. The van der Waals surface area contributed by atoms with Crippen molar-refractivity contribution in [2.24, 2.45) is 0 Å². The van der Waals surface area contributed by atoms with Gasteiger partial charge in [-0.05, 0) is 12.0 Å². The first-order valence-corrected chi connectivity index (χ1v) is 8.41. The van der Waals surface area contributed by atoms with E-state index in [1.54, 1.807) is 4.90 Å². The van der Waals surface area contributed by atoms with Gasteiger partial charge in [-0.1, -0.05) is 30.3 Å². The maximum Gasteiger partial charge on any atom is 0.328 e. The van der Waals surface area contributed by atoms with Crippen LogP contribution in [-0.4, -0.2) is 62.8 Å². The lowest BCUT2D eigenvalue weighted by atomic mass is 10.1. The summed E-state index contributed by atoms with van der Waals surface area (Å²) in [4.78, 5) is 37.3. The van der Waals surface area contributed by atoms with Gasteiger partial charge in [0.25, 0.3) is 0 Å². The zero-order chi connectivity index (χ0) is 18.9. The normalized spacial score (nSPS) is 17.9. The Balaban J connectivity index is 1.96. The lowest BCUT2D eigenvalue weighted by Gasteiger charge is -2.34. The van der Waals surface area contributed by atoms with E-state index in [0.717, 1.165) is 5.56 Å². The van der Waals surface area contributed by atoms with Crippen molar-refractivity contribution in [2.45, 2.75) is 25.0 Å². The summed E-state index contributed by atoms with van der Waals surface area (Å²) in [6.45, 7) is 1.19. The molecule has 1 aromatic rings. The predicted octanol–water partition coefficient (Wildman–Crippen LogP) is 1.26. The Morgan fingerprint density at radius 3 is 2.62 bits per heavy atom.